The molecule has 0 spiro atoms. The molecule has 3 aromatic heterocycles. The predicted molar refractivity (Wildman–Crippen MR) is 213 cm³/mol. The molecule has 14 heteroatoms. The zero-order chi connectivity index (χ0) is 38.9. The highest BCUT2D eigenvalue weighted by molar-refractivity contribution is 6.01. The third-order valence-corrected chi connectivity index (χ3v) is 12.4. The molecular formula is C42H50FN9O4. The number of anilines is 4. The van der Waals surface area contributed by atoms with Crippen LogP contribution in [0.4, 0.5) is 27.5 Å². The van der Waals surface area contributed by atoms with E-state index in [1.165, 1.54) is 13.0 Å². The monoisotopic (exact) mass is 763 g/mol. The van der Waals surface area contributed by atoms with E-state index >= 15 is 4.39 Å². The van der Waals surface area contributed by atoms with Crippen LogP contribution in [0, 0.1) is 18.7 Å². The highest BCUT2D eigenvalue weighted by atomic mass is 19.1. The number of halogens is 1. The van der Waals surface area contributed by atoms with Crippen molar-refractivity contribution >= 4 is 51.8 Å². The SMILES string of the molecule is CC(=O)c1c(C)c2cnc(Nc3ccc(N4CCN(CCC5CCN(c6ccc(C7CCC(=O)NC7=O)cc6F)CC5)CC4)cn3)nc2n(C2CCCC2)c1=O. The first kappa shape index (κ1) is 37.7. The van der Waals surface area contributed by atoms with Gasteiger partial charge in [0.1, 0.15) is 17.3 Å². The number of hydrogen-bond donors (Lipinski definition) is 2. The van der Waals surface area contributed by atoms with Crippen molar-refractivity contribution in [1.82, 2.24) is 29.7 Å². The zero-order valence-electron chi connectivity index (χ0n) is 32.2. The summed E-state index contributed by atoms with van der Waals surface area (Å²) < 4.78 is 16.9. The van der Waals surface area contributed by atoms with Crippen LogP contribution in [0.5, 0.6) is 0 Å². The molecule has 2 amide bonds. The van der Waals surface area contributed by atoms with Crippen LogP contribution < -0.4 is 26.0 Å². The van der Waals surface area contributed by atoms with Crippen molar-refractivity contribution in [2.24, 2.45) is 5.92 Å². The third kappa shape index (κ3) is 7.75. The minimum atomic E-state index is -0.484. The first-order chi connectivity index (χ1) is 27.1. The number of aryl methyl sites for hydroxylation is 1. The lowest BCUT2D eigenvalue weighted by molar-refractivity contribution is -0.134. The Labute approximate surface area is 325 Å². The van der Waals surface area contributed by atoms with Gasteiger partial charge >= 0.3 is 0 Å². The number of ketones is 1. The van der Waals surface area contributed by atoms with Crippen molar-refractivity contribution in [2.75, 3.05) is 60.9 Å². The Kier molecular flexibility index (Phi) is 10.8. The number of carbonyl (C=O) groups is 3. The molecular weight excluding hydrogens is 714 g/mol. The number of piperazine rings is 1. The minimum Gasteiger partial charge on any atom is -0.369 e. The van der Waals surface area contributed by atoms with Crippen LogP contribution in [0.3, 0.4) is 0 Å². The quantitative estimate of drug-likeness (QED) is 0.153. The summed E-state index contributed by atoms with van der Waals surface area (Å²) >= 11 is 0. The van der Waals surface area contributed by atoms with Gasteiger partial charge in [0.2, 0.25) is 17.8 Å². The Bertz CT molecular complexity index is 2190. The van der Waals surface area contributed by atoms with Crippen molar-refractivity contribution in [1.29, 1.82) is 0 Å². The van der Waals surface area contributed by atoms with E-state index in [2.05, 4.69) is 41.4 Å². The molecule has 6 heterocycles. The number of nitrogens with one attached hydrogen (secondary N) is 2. The molecule has 4 fully saturated rings. The van der Waals surface area contributed by atoms with E-state index in [1.807, 2.05) is 18.3 Å². The Balaban J connectivity index is 0.814. The fourth-order valence-corrected chi connectivity index (χ4v) is 9.14. The number of rotatable bonds is 10. The summed E-state index contributed by atoms with van der Waals surface area (Å²) in [6.45, 7) is 9.67. The van der Waals surface area contributed by atoms with Crippen molar-refractivity contribution in [3.05, 3.63) is 75.6 Å². The van der Waals surface area contributed by atoms with Gasteiger partial charge in [-0.05, 0) is 100 Å². The van der Waals surface area contributed by atoms with Crippen LogP contribution in [0.25, 0.3) is 11.0 Å². The maximum atomic E-state index is 15.2. The van der Waals surface area contributed by atoms with E-state index < -0.39 is 5.92 Å². The summed E-state index contributed by atoms with van der Waals surface area (Å²) in [7, 11) is 0. The number of Topliss-reactive ketones (excluding diaryl/α,β-unsaturated/α-hetero) is 1. The van der Waals surface area contributed by atoms with Crippen molar-refractivity contribution in [3.63, 3.8) is 0 Å². The standard InChI is InChI=1S/C42H50FN9O4/c1-26-33-25-45-42(48-39(33)52(30-5-3-4-6-30)41(56)38(26)27(2)53)46-36-11-8-31(24-44-36)50-21-19-49(20-22-50)16-13-28-14-17-51(18-15-28)35-10-7-29(23-34(35)43)32-9-12-37(54)47-40(32)55/h7-8,10-11,23-25,28,30,32H,3-6,9,12-22H2,1-2H3,(H,47,54,55)(H,44,45,46,48). The second-order valence-corrected chi connectivity index (χ2v) is 15.9. The van der Waals surface area contributed by atoms with Gasteiger partial charge in [0.05, 0.1) is 29.1 Å². The highest BCUT2D eigenvalue weighted by Crippen LogP contribution is 2.34. The lowest BCUT2D eigenvalue weighted by Crippen LogP contribution is -2.47. The smallest absolute Gasteiger partial charge is 0.263 e. The van der Waals surface area contributed by atoms with Crippen molar-refractivity contribution < 1.29 is 18.8 Å². The molecule has 1 atom stereocenters. The number of nitrogens with zero attached hydrogens (tertiary/aromatic N) is 7. The number of benzene rings is 1. The number of amides is 2. The molecule has 4 aromatic rings. The molecule has 1 unspecified atom stereocenters. The molecule has 1 aromatic carbocycles. The van der Waals surface area contributed by atoms with Crippen LogP contribution in [-0.2, 0) is 9.59 Å². The number of imide groups is 1. The lowest BCUT2D eigenvalue weighted by atomic mass is 9.89. The van der Waals surface area contributed by atoms with E-state index in [4.69, 9.17) is 4.98 Å². The van der Waals surface area contributed by atoms with Crippen molar-refractivity contribution in [2.45, 2.75) is 83.6 Å². The van der Waals surface area contributed by atoms with E-state index in [1.54, 1.807) is 23.8 Å². The number of pyridine rings is 2. The van der Waals surface area contributed by atoms with Gasteiger partial charge in [-0.2, -0.15) is 4.98 Å². The summed E-state index contributed by atoms with van der Waals surface area (Å²) in [6, 6.07) is 9.08. The maximum Gasteiger partial charge on any atom is 0.263 e. The molecule has 56 heavy (non-hydrogen) atoms. The Morgan fingerprint density at radius 2 is 1.68 bits per heavy atom. The topological polar surface area (TPSA) is 146 Å². The van der Waals surface area contributed by atoms with Crippen LogP contribution in [-0.4, -0.2) is 87.8 Å². The average molecular weight is 764 g/mol. The Morgan fingerprint density at radius 3 is 2.36 bits per heavy atom. The molecule has 13 nitrogen and oxygen atoms in total. The maximum absolute atomic E-state index is 15.2. The van der Waals surface area contributed by atoms with E-state index in [-0.39, 0.29) is 47.0 Å². The molecule has 0 bridgehead atoms. The van der Waals surface area contributed by atoms with Gasteiger partial charge in [-0.3, -0.25) is 34.0 Å². The summed E-state index contributed by atoms with van der Waals surface area (Å²) in [5, 5.41) is 6.30. The second kappa shape index (κ2) is 16.1. The van der Waals surface area contributed by atoms with Gasteiger partial charge < -0.3 is 15.1 Å². The zero-order valence-corrected chi connectivity index (χ0v) is 32.2. The van der Waals surface area contributed by atoms with E-state index in [9.17, 15) is 19.2 Å². The molecule has 3 aliphatic heterocycles. The fraction of sp³-hybridized carbons (Fsp3) is 0.500. The van der Waals surface area contributed by atoms with E-state index in [0.29, 0.717) is 52.0 Å². The van der Waals surface area contributed by atoms with E-state index in [0.717, 1.165) is 96.4 Å². The largest absolute Gasteiger partial charge is 0.369 e. The number of piperidine rings is 2. The number of aromatic nitrogens is 4. The molecule has 294 valence electrons. The van der Waals surface area contributed by atoms with Gasteiger partial charge in [0.15, 0.2) is 5.78 Å². The molecule has 0 radical (unpaired) electrons. The molecule has 8 rings (SSSR count). The summed E-state index contributed by atoms with van der Waals surface area (Å²) in [4.78, 5) is 70.8. The van der Waals surface area contributed by atoms with Gasteiger partial charge in [-0.1, -0.05) is 18.9 Å². The van der Waals surface area contributed by atoms with Crippen LogP contribution in [0.1, 0.15) is 98.2 Å². The molecule has 4 aliphatic rings. The molecule has 1 saturated carbocycles. The first-order valence-corrected chi connectivity index (χ1v) is 20.1. The molecule has 3 saturated heterocycles. The first-order valence-electron chi connectivity index (χ1n) is 20.1. The van der Waals surface area contributed by atoms with Gasteiger partial charge in [-0.25, -0.2) is 14.4 Å². The predicted octanol–water partition coefficient (Wildman–Crippen LogP) is 5.64. The Morgan fingerprint density at radius 1 is 0.911 bits per heavy atom. The number of hydrogen-bond acceptors (Lipinski definition) is 11. The van der Waals surface area contributed by atoms with Crippen molar-refractivity contribution in [3.8, 4) is 0 Å². The highest BCUT2D eigenvalue weighted by Gasteiger charge is 2.30. The van der Waals surface area contributed by atoms with Crippen LogP contribution in [0.15, 0.2) is 47.5 Å². The van der Waals surface area contributed by atoms with Crippen LogP contribution in [0.2, 0.25) is 0 Å². The average Bonchev–Trinajstić information content (AvgIpc) is 3.72. The Hall–Kier alpha value is -5.24. The summed E-state index contributed by atoms with van der Waals surface area (Å²) in [5.41, 5.74) is 3.39. The normalized spacial score (nSPS) is 20.2. The second-order valence-electron chi connectivity index (χ2n) is 15.9. The summed E-state index contributed by atoms with van der Waals surface area (Å²) in [6.07, 6.45) is 11.3. The molecule has 2 N–H and O–H groups in total. The fourth-order valence-electron chi connectivity index (χ4n) is 9.14. The van der Waals surface area contributed by atoms with Crippen LogP contribution >= 0.6 is 0 Å². The van der Waals surface area contributed by atoms with Gasteiger partial charge in [0.25, 0.3) is 5.56 Å². The minimum absolute atomic E-state index is 0.0151. The molecule has 1 aliphatic carbocycles. The number of carbonyl (C=O) groups excluding carboxylic acids is 3. The number of fused-ring (bicyclic) bond motifs is 1. The third-order valence-electron chi connectivity index (χ3n) is 12.4. The van der Waals surface area contributed by atoms with Gasteiger partial charge in [0, 0.05) is 63.3 Å². The summed E-state index contributed by atoms with van der Waals surface area (Å²) in [5.74, 6) is -0.0873. The van der Waals surface area contributed by atoms with Gasteiger partial charge in [-0.15, -0.1) is 0 Å². The lowest BCUT2D eigenvalue weighted by Gasteiger charge is -2.38.